The van der Waals surface area contributed by atoms with Gasteiger partial charge in [-0.05, 0) is 43.5 Å². The minimum absolute atomic E-state index is 0.269. The van der Waals surface area contributed by atoms with E-state index in [9.17, 15) is 4.79 Å². The number of carbonyl (C=O) groups is 1. The lowest BCUT2D eigenvalue weighted by molar-refractivity contribution is 0.112. The second-order valence-corrected chi connectivity index (χ2v) is 3.70. The third kappa shape index (κ3) is 3.08. The van der Waals surface area contributed by atoms with Crippen molar-refractivity contribution >= 4 is 6.29 Å². The summed E-state index contributed by atoms with van der Waals surface area (Å²) in [6.07, 6.45) is 3.13. The molecule has 0 N–H and O–H groups in total. The Morgan fingerprint density at radius 3 is 2.47 bits per heavy atom. The molecule has 0 saturated heterocycles. The van der Waals surface area contributed by atoms with E-state index in [4.69, 9.17) is 4.74 Å². The molecule has 1 aromatic carbocycles. The third-order valence-corrected chi connectivity index (χ3v) is 2.54. The van der Waals surface area contributed by atoms with E-state index in [0.29, 0.717) is 5.56 Å². The van der Waals surface area contributed by atoms with E-state index >= 15 is 0 Å². The average Bonchev–Trinajstić information content (AvgIpc) is 2.27. The van der Waals surface area contributed by atoms with Crippen molar-refractivity contribution in [1.29, 1.82) is 0 Å². The summed E-state index contributed by atoms with van der Waals surface area (Å²) >= 11 is 0. The summed E-state index contributed by atoms with van der Waals surface area (Å²) in [5.41, 5.74) is 1.72. The SMILES string of the molecule is CCC(CC)Oc1ccc(C=O)cc1C. The summed E-state index contributed by atoms with van der Waals surface area (Å²) in [5, 5.41) is 0. The summed E-state index contributed by atoms with van der Waals surface area (Å²) in [4.78, 5) is 10.6. The highest BCUT2D eigenvalue weighted by Gasteiger charge is 2.07. The minimum atomic E-state index is 0.269. The van der Waals surface area contributed by atoms with Gasteiger partial charge in [0.25, 0.3) is 0 Å². The highest BCUT2D eigenvalue weighted by Crippen LogP contribution is 2.21. The van der Waals surface area contributed by atoms with E-state index in [2.05, 4.69) is 13.8 Å². The maximum Gasteiger partial charge on any atom is 0.150 e. The molecule has 82 valence electrons. The Morgan fingerprint density at radius 2 is 2.00 bits per heavy atom. The topological polar surface area (TPSA) is 26.3 Å². The number of aldehydes is 1. The number of hydrogen-bond donors (Lipinski definition) is 0. The second kappa shape index (κ2) is 5.54. The number of carbonyl (C=O) groups excluding carboxylic acids is 1. The summed E-state index contributed by atoms with van der Waals surface area (Å²) in [5.74, 6) is 0.884. The van der Waals surface area contributed by atoms with Gasteiger partial charge in [0.2, 0.25) is 0 Å². The number of aryl methyl sites for hydroxylation is 1. The molecular weight excluding hydrogens is 188 g/mol. The molecule has 0 radical (unpaired) electrons. The highest BCUT2D eigenvalue weighted by atomic mass is 16.5. The molecule has 0 heterocycles. The van der Waals surface area contributed by atoms with Crippen LogP contribution >= 0.6 is 0 Å². The van der Waals surface area contributed by atoms with Gasteiger partial charge >= 0.3 is 0 Å². The maximum absolute atomic E-state index is 10.6. The summed E-state index contributed by atoms with van der Waals surface area (Å²) < 4.78 is 5.83. The molecule has 0 aromatic heterocycles. The zero-order valence-corrected chi connectivity index (χ0v) is 9.62. The van der Waals surface area contributed by atoms with Gasteiger partial charge in [0.15, 0.2) is 0 Å². The van der Waals surface area contributed by atoms with Crippen molar-refractivity contribution in [2.75, 3.05) is 0 Å². The molecule has 1 rings (SSSR count). The molecule has 0 fully saturated rings. The van der Waals surface area contributed by atoms with Crippen molar-refractivity contribution in [2.24, 2.45) is 0 Å². The molecule has 0 atom stereocenters. The number of hydrogen-bond acceptors (Lipinski definition) is 2. The predicted octanol–water partition coefficient (Wildman–Crippen LogP) is 3.37. The molecule has 0 amide bonds. The first-order chi connectivity index (χ1) is 7.21. The van der Waals surface area contributed by atoms with Gasteiger partial charge in [-0.25, -0.2) is 0 Å². The van der Waals surface area contributed by atoms with Crippen LogP contribution in [0.5, 0.6) is 5.75 Å². The highest BCUT2D eigenvalue weighted by molar-refractivity contribution is 5.75. The van der Waals surface area contributed by atoms with Gasteiger partial charge < -0.3 is 4.74 Å². The van der Waals surface area contributed by atoms with Crippen LogP contribution in [-0.2, 0) is 0 Å². The molecule has 0 aliphatic heterocycles. The van der Waals surface area contributed by atoms with Crippen LogP contribution in [0.1, 0.15) is 42.6 Å². The minimum Gasteiger partial charge on any atom is -0.490 e. The molecule has 15 heavy (non-hydrogen) atoms. The van der Waals surface area contributed by atoms with E-state index in [1.54, 1.807) is 6.07 Å². The molecule has 2 heteroatoms. The average molecular weight is 206 g/mol. The fourth-order valence-corrected chi connectivity index (χ4v) is 1.51. The first-order valence-corrected chi connectivity index (χ1v) is 5.43. The van der Waals surface area contributed by atoms with Gasteiger partial charge in [-0.15, -0.1) is 0 Å². The van der Waals surface area contributed by atoms with Crippen molar-refractivity contribution < 1.29 is 9.53 Å². The van der Waals surface area contributed by atoms with Crippen LogP contribution in [0.3, 0.4) is 0 Å². The van der Waals surface area contributed by atoms with E-state index < -0.39 is 0 Å². The van der Waals surface area contributed by atoms with Gasteiger partial charge in [0, 0.05) is 5.56 Å². The van der Waals surface area contributed by atoms with E-state index in [1.165, 1.54) is 0 Å². The molecule has 1 aromatic rings. The van der Waals surface area contributed by atoms with Gasteiger partial charge in [0.05, 0.1) is 6.10 Å². The Morgan fingerprint density at radius 1 is 1.33 bits per heavy atom. The Labute approximate surface area is 91.3 Å². The van der Waals surface area contributed by atoms with Crippen LogP contribution in [0, 0.1) is 6.92 Å². The third-order valence-electron chi connectivity index (χ3n) is 2.54. The Kier molecular flexibility index (Phi) is 4.35. The summed E-state index contributed by atoms with van der Waals surface area (Å²) in [6, 6.07) is 5.51. The molecule has 0 aliphatic carbocycles. The smallest absolute Gasteiger partial charge is 0.150 e. The molecule has 0 bridgehead atoms. The first kappa shape index (κ1) is 11.8. The van der Waals surface area contributed by atoms with Crippen LogP contribution in [0.25, 0.3) is 0 Å². The lowest BCUT2D eigenvalue weighted by Gasteiger charge is -2.17. The summed E-state index contributed by atoms with van der Waals surface area (Å²) in [7, 11) is 0. The number of ether oxygens (including phenoxy) is 1. The van der Waals surface area contributed by atoms with E-state index in [1.807, 2.05) is 19.1 Å². The molecule has 0 aliphatic rings. The molecule has 2 nitrogen and oxygen atoms in total. The van der Waals surface area contributed by atoms with Crippen molar-refractivity contribution in [2.45, 2.75) is 39.7 Å². The Bertz CT molecular complexity index is 327. The van der Waals surface area contributed by atoms with Gasteiger partial charge in [-0.2, -0.15) is 0 Å². The van der Waals surface area contributed by atoms with Gasteiger partial charge in [-0.3, -0.25) is 4.79 Å². The fraction of sp³-hybridized carbons (Fsp3) is 0.462. The molecule has 0 saturated carbocycles. The standard InChI is InChI=1S/C13H18O2/c1-4-12(5-2)15-13-7-6-11(9-14)8-10(13)3/h6-9,12H,4-5H2,1-3H3. The second-order valence-electron chi connectivity index (χ2n) is 3.70. The Hall–Kier alpha value is -1.31. The maximum atomic E-state index is 10.6. The quantitative estimate of drug-likeness (QED) is 0.690. The van der Waals surface area contributed by atoms with Crippen LogP contribution in [-0.4, -0.2) is 12.4 Å². The first-order valence-electron chi connectivity index (χ1n) is 5.43. The zero-order chi connectivity index (χ0) is 11.3. The van der Waals surface area contributed by atoms with Crippen molar-refractivity contribution in [1.82, 2.24) is 0 Å². The van der Waals surface area contributed by atoms with E-state index in [-0.39, 0.29) is 6.10 Å². The monoisotopic (exact) mass is 206 g/mol. The fourth-order valence-electron chi connectivity index (χ4n) is 1.51. The van der Waals surface area contributed by atoms with Gasteiger partial charge in [0.1, 0.15) is 12.0 Å². The van der Waals surface area contributed by atoms with Crippen molar-refractivity contribution in [3.8, 4) is 5.75 Å². The van der Waals surface area contributed by atoms with Gasteiger partial charge in [-0.1, -0.05) is 13.8 Å². The van der Waals surface area contributed by atoms with E-state index in [0.717, 1.165) is 30.4 Å². The Balaban J connectivity index is 2.81. The molecular formula is C13H18O2. The van der Waals surface area contributed by atoms with Crippen LogP contribution in [0.2, 0.25) is 0 Å². The number of benzene rings is 1. The van der Waals surface area contributed by atoms with Crippen LogP contribution in [0.15, 0.2) is 18.2 Å². The summed E-state index contributed by atoms with van der Waals surface area (Å²) in [6.45, 7) is 6.19. The van der Waals surface area contributed by atoms with Crippen LogP contribution < -0.4 is 4.74 Å². The largest absolute Gasteiger partial charge is 0.490 e. The predicted molar refractivity (Wildman–Crippen MR) is 61.6 cm³/mol. The lowest BCUT2D eigenvalue weighted by Crippen LogP contribution is -2.14. The van der Waals surface area contributed by atoms with Crippen molar-refractivity contribution in [3.63, 3.8) is 0 Å². The normalized spacial score (nSPS) is 10.4. The number of rotatable bonds is 5. The molecule has 0 unspecified atom stereocenters. The van der Waals surface area contributed by atoms with Crippen molar-refractivity contribution in [3.05, 3.63) is 29.3 Å². The molecule has 0 spiro atoms. The zero-order valence-electron chi connectivity index (χ0n) is 9.62. The van der Waals surface area contributed by atoms with Crippen LogP contribution in [0.4, 0.5) is 0 Å². The lowest BCUT2D eigenvalue weighted by atomic mass is 10.1.